The third-order valence-corrected chi connectivity index (χ3v) is 6.07. The van der Waals surface area contributed by atoms with E-state index in [1.165, 1.54) is 11.0 Å². The lowest BCUT2D eigenvalue weighted by molar-refractivity contribution is 0.0691. The van der Waals surface area contributed by atoms with E-state index in [1.54, 1.807) is 0 Å². The van der Waals surface area contributed by atoms with Crippen LogP contribution in [0, 0.1) is 5.82 Å². The minimum atomic E-state index is -1.32. The summed E-state index contributed by atoms with van der Waals surface area (Å²) >= 11 is 0. The summed E-state index contributed by atoms with van der Waals surface area (Å²) in [6.07, 6.45) is 0.690. The number of aromatic carboxylic acids is 1. The van der Waals surface area contributed by atoms with Crippen molar-refractivity contribution in [3.8, 4) is 11.1 Å². The minimum absolute atomic E-state index is 0.0632. The molecule has 6 heteroatoms. The average molecular weight is 417 g/mol. The van der Waals surface area contributed by atoms with Gasteiger partial charge in [-0.3, -0.25) is 4.90 Å². The number of carbonyl (C=O) groups excluding carboxylic acids is 1. The number of amides is 1. The number of fused-ring (bicyclic) bond motifs is 4. The molecule has 0 unspecified atom stereocenters. The van der Waals surface area contributed by atoms with Crippen molar-refractivity contribution >= 4 is 17.7 Å². The maximum atomic E-state index is 14.3. The second-order valence-electron chi connectivity index (χ2n) is 7.83. The molecule has 0 spiro atoms. The van der Waals surface area contributed by atoms with Gasteiger partial charge in [-0.05, 0) is 52.8 Å². The van der Waals surface area contributed by atoms with Crippen LogP contribution < -0.4 is 4.90 Å². The first kappa shape index (κ1) is 19.3. The van der Waals surface area contributed by atoms with E-state index in [9.17, 15) is 14.0 Å². The van der Waals surface area contributed by atoms with Crippen LogP contribution in [0.15, 0.2) is 60.7 Å². The summed E-state index contributed by atoms with van der Waals surface area (Å²) in [5.41, 5.74) is 5.16. The van der Waals surface area contributed by atoms with Gasteiger partial charge in [0, 0.05) is 12.5 Å². The first-order valence-corrected chi connectivity index (χ1v) is 10.2. The van der Waals surface area contributed by atoms with Crippen LogP contribution in [0.4, 0.5) is 14.9 Å². The molecule has 0 bridgehead atoms. The van der Waals surface area contributed by atoms with E-state index in [4.69, 9.17) is 9.84 Å². The van der Waals surface area contributed by atoms with Crippen LogP contribution in [0.5, 0.6) is 0 Å². The first-order valence-electron chi connectivity index (χ1n) is 10.2. The predicted molar refractivity (Wildman–Crippen MR) is 114 cm³/mol. The highest BCUT2D eigenvalue weighted by Gasteiger charge is 2.31. The largest absolute Gasteiger partial charge is 0.478 e. The number of benzene rings is 3. The summed E-state index contributed by atoms with van der Waals surface area (Å²) in [7, 11) is 0. The summed E-state index contributed by atoms with van der Waals surface area (Å²) in [5, 5.41) is 9.16. The number of rotatable bonds is 3. The monoisotopic (exact) mass is 417 g/mol. The summed E-state index contributed by atoms with van der Waals surface area (Å²) < 4.78 is 20.0. The van der Waals surface area contributed by atoms with Crippen LogP contribution in [-0.4, -0.2) is 30.3 Å². The molecule has 1 aliphatic heterocycles. The number of aryl methyl sites for hydroxylation is 1. The minimum Gasteiger partial charge on any atom is -0.478 e. The molecule has 2 aliphatic rings. The molecule has 1 aliphatic carbocycles. The Morgan fingerprint density at radius 1 is 1.03 bits per heavy atom. The molecule has 3 aromatic rings. The van der Waals surface area contributed by atoms with Gasteiger partial charge in [0.05, 0.1) is 11.3 Å². The van der Waals surface area contributed by atoms with Crippen LogP contribution in [-0.2, 0) is 11.2 Å². The highest BCUT2D eigenvalue weighted by molar-refractivity contribution is 5.93. The molecule has 156 valence electrons. The Labute approximate surface area is 178 Å². The number of ether oxygens (including phenoxy) is 1. The van der Waals surface area contributed by atoms with Gasteiger partial charge in [0.2, 0.25) is 0 Å². The molecule has 0 saturated heterocycles. The van der Waals surface area contributed by atoms with E-state index >= 15 is 0 Å². The fourth-order valence-electron chi connectivity index (χ4n) is 4.63. The van der Waals surface area contributed by atoms with Crippen molar-refractivity contribution in [2.75, 3.05) is 18.1 Å². The van der Waals surface area contributed by atoms with Gasteiger partial charge in [-0.25, -0.2) is 14.0 Å². The number of carbonyl (C=O) groups is 2. The van der Waals surface area contributed by atoms with Gasteiger partial charge in [-0.1, -0.05) is 48.5 Å². The van der Waals surface area contributed by atoms with Crippen molar-refractivity contribution < 1.29 is 23.8 Å². The maximum absolute atomic E-state index is 14.3. The van der Waals surface area contributed by atoms with E-state index in [0.29, 0.717) is 30.6 Å². The molecule has 0 radical (unpaired) electrons. The van der Waals surface area contributed by atoms with Crippen molar-refractivity contribution in [3.63, 3.8) is 0 Å². The van der Waals surface area contributed by atoms with Crippen molar-refractivity contribution in [2.45, 2.75) is 18.8 Å². The van der Waals surface area contributed by atoms with Crippen LogP contribution in [0.2, 0.25) is 0 Å². The number of anilines is 1. The van der Waals surface area contributed by atoms with E-state index < -0.39 is 17.9 Å². The van der Waals surface area contributed by atoms with Crippen LogP contribution in [0.1, 0.15) is 39.4 Å². The molecule has 0 saturated carbocycles. The predicted octanol–water partition coefficient (Wildman–Crippen LogP) is 5.23. The SMILES string of the molecule is O=C(O)c1cc2c(cc1F)N(C(=O)OCC1c3ccccc3-c3ccccc31)CCC2. The van der Waals surface area contributed by atoms with Gasteiger partial charge in [0.1, 0.15) is 12.4 Å². The van der Waals surface area contributed by atoms with Gasteiger partial charge in [0.25, 0.3) is 0 Å². The average Bonchev–Trinajstić information content (AvgIpc) is 3.10. The lowest BCUT2D eigenvalue weighted by Gasteiger charge is -2.29. The second kappa shape index (κ2) is 7.54. The fraction of sp³-hybridized carbons (Fsp3) is 0.200. The Balaban J connectivity index is 1.39. The molecule has 5 nitrogen and oxygen atoms in total. The standard InChI is InChI=1S/C25H20FNO4/c26-22-13-23-15(12-20(22)24(28)29)6-5-11-27(23)25(30)31-14-21-18-9-3-1-7-16(18)17-8-2-4-10-19(17)21/h1-4,7-10,12-13,21H,5-6,11,14H2,(H,28,29). The number of carboxylic acid groups (broad SMARTS) is 1. The summed E-state index contributed by atoms with van der Waals surface area (Å²) in [5.74, 6) is -2.24. The van der Waals surface area contributed by atoms with E-state index in [0.717, 1.165) is 28.3 Å². The maximum Gasteiger partial charge on any atom is 0.414 e. The van der Waals surface area contributed by atoms with Gasteiger partial charge in [-0.15, -0.1) is 0 Å². The fourth-order valence-corrected chi connectivity index (χ4v) is 4.63. The molecule has 31 heavy (non-hydrogen) atoms. The van der Waals surface area contributed by atoms with Crippen LogP contribution >= 0.6 is 0 Å². The summed E-state index contributed by atoms with van der Waals surface area (Å²) in [6, 6.07) is 18.6. The zero-order valence-electron chi connectivity index (χ0n) is 16.7. The topological polar surface area (TPSA) is 66.8 Å². The molecule has 1 N–H and O–H groups in total. The Kier molecular flexibility index (Phi) is 4.70. The Hall–Kier alpha value is -3.67. The molecule has 5 rings (SSSR count). The van der Waals surface area contributed by atoms with Crippen molar-refractivity contribution in [1.29, 1.82) is 0 Å². The molecule has 0 aromatic heterocycles. The molecule has 0 atom stereocenters. The van der Waals surface area contributed by atoms with Gasteiger partial charge in [0.15, 0.2) is 0 Å². The highest BCUT2D eigenvalue weighted by atomic mass is 19.1. The summed E-state index contributed by atoms with van der Waals surface area (Å²) in [4.78, 5) is 25.6. The van der Waals surface area contributed by atoms with E-state index in [-0.39, 0.29) is 18.1 Å². The zero-order chi connectivity index (χ0) is 21.5. The van der Waals surface area contributed by atoms with Gasteiger partial charge >= 0.3 is 12.1 Å². The summed E-state index contributed by atoms with van der Waals surface area (Å²) in [6.45, 7) is 0.573. The normalized spacial score (nSPS) is 14.5. The van der Waals surface area contributed by atoms with Gasteiger partial charge < -0.3 is 9.84 Å². The van der Waals surface area contributed by atoms with Crippen molar-refractivity contribution in [2.24, 2.45) is 0 Å². The quantitative estimate of drug-likeness (QED) is 0.634. The third kappa shape index (κ3) is 3.24. The molecule has 3 aromatic carbocycles. The molecule has 0 fully saturated rings. The van der Waals surface area contributed by atoms with E-state index in [2.05, 4.69) is 12.1 Å². The number of halogens is 1. The second-order valence-corrected chi connectivity index (χ2v) is 7.83. The Bertz CT molecular complexity index is 1160. The number of nitrogens with zero attached hydrogens (tertiary/aromatic N) is 1. The third-order valence-electron chi connectivity index (χ3n) is 6.07. The Morgan fingerprint density at radius 3 is 2.32 bits per heavy atom. The molecule has 1 heterocycles. The van der Waals surface area contributed by atoms with Gasteiger partial charge in [-0.2, -0.15) is 0 Å². The molecule has 1 amide bonds. The van der Waals surface area contributed by atoms with Crippen LogP contribution in [0.3, 0.4) is 0 Å². The number of carboxylic acids is 1. The lowest BCUT2D eigenvalue weighted by atomic mass is 9.98. The number of hydrogen-bond donors (Lipinski definition) is 1. The lowest BCUT2D eigenvalue weighted by Crippen LogP contribution is -2.37. The van der Waals surface area contributed by atoms with Crippen LogP contribution in [0.25, 0.3) is 11.1 Å². The zero-order valence-corrected chi connectivity index (χ0v) is 16.7. The Morgan fingerprint density at radius 2 is 1.68 bits per heavy atom. The highest BCUT2D eigenvalue weighted by Crippen LogP contribution is 2.44. The molecular formula is C25H20FNO4. The number of hydrogen-bond acceptors (Lipinski definition) is 3. The smallest absolute Gasteiger partial charge is 0.414 e. The first-order chi connectivity index (χ1) is 15.0. The molecular weight excluding hydrogens is 397 g/mol. The van der Waals surface area contributed by atoms with Crippen molar-refractivity contribution in [1.82, 2.24) is 0 Å². The van der Waals surface area contributed by atoms with E-state index in [1.807, 2.05) is 36.4 Å². The van der Waals surface area contributed by atoms with Crippen molar-refractivity contribution in [3.05, 3.63) is 88.7 Å².